The van der Waals surface area contributed by atoms with Gasteiger partial charge in [-0.3, -0.25) is 0 Å². The summed E-state index contributed by atoms with van der Waals surface area (Å²) in [6.45, 7) is 7.20. The van der Waals surface area contributed by atoms with Gasteiger partial charge < -0.3 is 14.5 Å². The minimum atomic E-state index is 0.672. The van der Waals surface area contributed by atoms with Crippen molar-refractivity contribution in [3.63, 3.8) is 0 Å². The summed E-state index contributed by atoms with van der Waals surface area (Å²) in [6.07, 6.45) is 8.75. The third-order valence-electron chi connectivity index (χ3n) is 3.06. The molecule has 0 unspecified atom stereocenters. The fourth-order valence-corrected chi connectivity index (χ4v) is 1.98. The molecule has 2 aromatic rings. The average molecular weight is 261 g/mol. The quantitative estimate of drug-likeness (QED) is 0.823. The molecule has 0 atom stereocenters. The Bertz CT molecular complexity index is 497. The Morgan fingerprint density at radius 3 is 2.84 bits per heavy atom. The maximum Gasteiger partial charge on any atom is 0.110 e. The summed E-state index contributed by atoms with van der Waals surface area (Å²) >= 11 is 0. The van der Waals surface area contributed by atoms with Gasteiger partial charge in [-0.05, 0) is 12.5 Å². The van der Waals surface area contributed by atoms with Crippen LogP contribution in [0.3, 0.4) is 0 Å². The van der Waals surface area contributed by atoms with Crippen molar-refractivity contribution < 1.29 is 0 Å². The minimum Gasteiger partial charge on any atom is -0.338 e. The molecule has 5 nitrogen and oxygen atoms in total. The number of aryl methyl sites for hydroxylation is 3. The van der Waals surface area contributed by atoms with Gasteiger partial charge in [0, 0.05) is 45.1 Å². The molecule has 0 aliphatic carbocycles. The van der Waals surface area contributed by atoms with Gasteiger partial charge in [-0.25, -0.2) is 9.97 Å². The Balaban J connectivity index is 1.79. The lowest BCUT2D eigenvalue weighted by atomic mass is 10.2. The second-order valence-electron chi connectivity index (χ2n) is 5.33. The second kappa shape index (κ2) is 6.52. The molecule has 5 heteroatoms. The normalized spacial score (nSPS) is 11.4. The molecule has 104 valence electrons. The number of imidazole rings is 2. The first-order valence-electron chi connectivity index (χ1n) is 6.82. The highest BCUT2D eigenvalue weighted by Gasteiger charge is 2.02. The van der Waals surface area contributed by atoms with E-state index in [1.54, 1.807) is 0 Å². The van der Waals surface area contributed by atoms with Crippen molar-refractivity contribution in [1.29, 1.82) is 0 Å². The largest absolute Gasteiger partial charge is 0.338 e. The summed E-state index contributed by atoms with van der Waals surface area (Å²) in [6, 6.07) is 0. The highest BCUT2D eigenvalue weighted by Crippen LogP contribution is 2.01. The van der Waals surface area contributed by atoms with Crippen molar-refractivity contribution in [2.24, 2.45) is 13.0 Å². The van der Waals surface area contributed by atoms with Crippen molar-refractivity contribution in [3.8, 4) is 0 Å². The van der Waals surface area contributed by atoms with Gasteiger partial charge in [-0.2, -0.15) is 0 Å². The van der Waals surface area contributed by atoms with Crippen LogP contribution in [0.15, 0.2) is 24.9 Å². The first-order chi connectivity index (χ1) is 9.15. The molecule has 2 rings (SSSR count). The first-order valence-corrected chi connectivity index (χ1v) is 6.82. The predicted molar refractivity (Wildman–Crippen MR) is 75.7 cm³/mol. The van der Waals surface area contributed by atoms with E-state index in [1.165, 1.54) is 0 Å². The first kappa shape index (κ1) is 13.8. The molecule has 0 bridgehead atoms. The van der Waals surface area contributed by atoms with E-state index in [9.17, 15) is 0 Å². The van der Waals surface area contributed by atoms with Crippen LogP contribution in [0.1, 0.15) is 25.4 Å². The molecule has 0 saturated heterocycles. The SMILES string of the molecule is CC(C)CNCc1cn(CCc2nccn2C)cn1. The van der Waals surface area contributed by atoms with E-state index in [4.69, 9.17) is 0 Å². The van der Waals surface area contributed by atoms with E-state index in [0.717, 1.165) is 37.6 Å². The highest BCUT2D eigenvalue weighted by atomic mass is 15.1. The lowest BCUT2D eigenvalue weighted by Gasteiger charge is -2.05. The van der Waals surface area contributed by atoms with Crippen LogP contribution >= 0.6 is 0 Å². The maximum absolute atomic E-state index is 4.41. The molecule has 0 saturated carbocycles. The predicted octanol–water partition coefficient (Wildman–Crippen LogP) is 1.60. The Morgan fingerprint density at radius 1 is 1.32 bits per heavy atom. The monoisotopic (exact) mass is 261 g/mol. The van der Waals surface area contributed by atoms with Crippen molar-refractivity contribution in [1.82, 2.24) is 24.4 Å². The van der Waals surface area contributed by atoms with E-state index >= 15 is 0 Å². The van der Waals surface area contributed by atoms with Gasteiger partial charge in [0.25, 0.3) is 0 Å². The van der Waals surface area contributed by atoms with Gasteiger partial charge in [0.15, 0.2) is 0 Å². The van der Waals surface area contributed by atoms with Crippen LogP contribution in [0.25, 0.3) is 0 Å². The van der Waals surface area contributed by atoms with E-state index in [2.05, 4.69) is 44.5 Å². The standard InChI is InChI=1S/C14H23N5/c1-12(2)8-15-9-13-10-19(11-17-13)6-4-14-16-5-7-18(14)3/h5,7,10-12,15H,4,6,8-9H2,1-3H3. The Morgan fingerprint density at radius 2 is 2.16 bits per heavy atom. The average Bonchev–Trinajstić information content (AvgIpc) is 2.95. The maximum atomic E-state index is 4.41. The zero-order valence-corrected chi connectivity index (χ0v) is 12.0. The molecule has 2 aromatic heterocycles. The van der Waals surface area contributed by atoms with E-state index in [1.807, 2.05) is 25.8 Å². The molecule has 0 aliphatic rings. The van der Waals surface area contributed by atoms with E-state index in [0.29, 0.717) is 5.92 Å². The fraction of sp³-hybridized carbons (Fsp3) is 0.571. The van der Waals surface area contributed by atoms with Crippen molar-refractivity contribution in [3.05, 3.63) is 36.4 Å². The zero-order chi connectivity index (χ0) is 13.7. The summed E-state index contributed by atoms with van der Waals surface area (Å²) in [4.78, 5) is 8.73. The molecule has 0 spiro atoms. The van der Waals surface area contributed by atoms with Crippen LogP contribution in [0, 0.1) is 5.92 Å². The van der Waals surface area contributed by atoms with Gasteiger partial charge in [0.1, 0.15) is 5.82 Å². The molecule has 0 fully saturated rings. The third kappa shape index (κ3) is 4.21. The lowest BCUT2D eigenvalue weighted by molar-refractivity contribution is 0.548. The summed E-state index contributed by atoms with van der Waals surface area (Å²) in [5, 5.41) is 3.40. The second-order valence-corrected chi connectivity index (χ2v) is 5.33. The number of hydrogen-bond donors (Lipinski definition) is 1. The van der Waals surface area contributed by atoms with Gasteiger partial charge >= 0.3 is 0 Å². The Kier molecular flexibility index (Phi) is 4.74. The molecular weight excluding hydrogens is 238 g/mol. The number of aromatic nitrogens is 4. The smallest absolute Gasteiger partial charge is 0.110 e. The van der Waals surface area contributed by atoms with Crippen LogP contribution in [0.5, 0.6) is 0 Å². The number of nitrogens with zero attached hydrogens (tertiary/aromatic N) is 4. The summed E-state index contributed by atoms with van der Waals surface area (Å²) < 4.78 is 4.18. The summed E-state index contributed by atoms with van der Waals surface area (Å²) in [5.41, 5.74) is 1.10. The molecule has 0 aromatic carbocycles. The molecule has 0 amide bonds. The summed E-state index contributed by atoms with van der Waals surface area (Å²) in [7, 11) is 2.03. The van der Waals surface area contributed by atoms with Gasteiger partial charge in [0.05, 0.1) is 12.0 Å². The van der Waals surface area contributed by atoms with Gasteiger partial charge in [-0.1, -0.05) is 13.8 Å². The fourth-order valence-electron chi connectivity index (χ4n) is 1.98. The van der Waals surface area contributed by atoms with Crippen molar-refractivity contribution >= 4 is 0 Å². The molecule has 1 N–H and O–H groups in total. The Hall–Kier alpha value is -1.62. The molecule has 0 aliphatic heterocycles. The van der Waals surface area contributed by atoms with Crippen molar-refractivity contribution in [2.45, 2.75) is 33.4 Å². The Labute approximate surface area is 114 Å². The van der Waals surface area contributed by atoms with Gasteiger partial charge in [0.2, 0.25) is 0 Å². The van der Waals surface area contributed by atoms with Crippen LogP contribution in [-0.2, 0) is 26.6 Å². The number of hydrogen-bond acceptors (Lipinski definition) is 3. The number of nitrogens with one attached hydrogen (secondary N) is 1. The van der Waals surface area contributed by atoms with Crippen LogP contribution in [0.2, 0.25) is 0 Å². The zero-order valence-electron chi connectivity index (χ0n) is 12.0. The van der Waals surface area contributed by atoms with Crippen LogP contribution < -0.4 is 5.32 Å². The molecule has 19 heavy (non-hydrogen) atoms. The third-order valence-corrected chi connectivity index (χ3v) is 3.06. The number of rotatable bonds is 7. The molecular formula is C14H23N5. The highest BCUT2D eigenvalue weighted by molar-refractivity contribution is 4.97. The topological polar surface area (TPSA) is 47.7 Å². The minimum absolute atomic E-state index is 0.672. The van der Waals surface area contributed by atoms with Gasteiger partial charge in [-0.15, -0.1) is 0 Å². The van der Waals surface area contributed by atoms with Crippen molar-refractivity contribution in [2.75, 3.05) is 6.54 Å². The lowest BCUT2D eigenvalue weighted by Crippen LogP contribution is -2.19. The van der Waals surface area contributed by atoms with E-state index in [-0.39, 0.29) is 0 Å². The summed E-state index contributed by atoms with van der Waals surface area (Å²) in [5.74, 6) is 1.78. The van der Waals surface area contributed by atoms with Crippen LogP contribution in [-0.4, -0.2) is 25.6 Å². The van der Waals surface area contributed by atoms with Crippen LogP contribution in [0.4, 0.5) is 0 Å². The molecule has 2 heterocycles. The van der Waals surface area contributed by atoms with E-state index < -0.39 is 0 Å². The molecule has 0 radical (unpaired) electrons.